The highest BCUT2D eigenvalue weighted by molar-refractivity contribution is 6.30. The molecule has 2 aromatic carbocycles. The molecule has 5 nitrogen and oxygen atoms in total. The minimum atomic E-state index is -0.0593. The molecule has 3 rings (SSSR count). The minimum absolute atomic E-state index is 0.0474. The summed E-state index contributed by atoms with van der Waals surface area (Å²) in [5.74, 6) is 0.547. The number of carbonyl (C=O) groups is 2. The molecule has 25 heavy (non-hydrogen) atoms. The monoisotopic (exact) mass is 358 g/mol. The molecule has 6 heteroatoms. The zero-order chi connectivity index (χ0) is 17.8. The number of ether oxygens (including phenoxy) is 1. The molecule has 0 bridgehead atoms. The highest BCUT2D eigenvalue weighted by Crippen LogP contribution is 2.17. The van der Waals surface area contributed by atoms with Crippen molar-refractivity contribution in [3.63, 3.8) is 0 Å². The van der Waals surface area contributed by atoms with Crippen LogP contribution in [0.4, 0.5) is 0 Å². The van der Waals surface area contributed by atoms with E-state index in [0.29, 0.717) is 48.1 Å². The standard InChI is InChI=1S/C19H19ClN2O3/c1-25-17-7-3-5-15(13-17)19(24)22-10-8-21(9-11-22)18(23)14-4-2-6-16(20)12-14/h2-7,12-13H,8-11H2,1H3. The number of carbonyl (C=O) groups excluding carboxylic acids is 2. The summed E-state index contributed by atoms with van der Waals surface area (Å²) < 4.78 is 5.17. The maximum absolute atomic E-state index is 12.6. The van der Waals surface area contributed by atoms with Gasteiger partial charge < -0.3 is 14.5 Å². The van der Waals surface area contributed by atoms with E-state index < -0.39 is 0 Å². The molecular formula is C19H19ClN2O3. The van der Waals surface area contributed by atoms with Crippen molar-refractivity contribution in [3.8, 4) is 5.75 Å². The molecule has 1 aliphatic heterocycles. The Kier molecular flexibility index (Phi) is 5.24. The third kappa shape index (κ3) is 3.94. The second kappa shape index (κ2) is 7.57. The van der Waals surface area contributed by atoms with Gasteiger partial charge in [0.1, 0.15) is 5.75 Å². The van der Waals surface area contributed by atoms with Crippen molar-refractivity contribution in [2.45, 2.75) is 0 Å². The lowest BCUT2D eigenvalue weighted by Crippen LogP contribution is -2.50. The number of piperazine rings is 1. The summed E-state index contributed by atoms with van der Waals surface area (Å²) in [6.07, 6.45) is 0. The molecule has 1 heterocycles. The Balaban J connectivity index is 1.63. The first kappa shape index (κ1) is 17.3. The zero-order valence-corrected chi connectivity index (χ0v) is 14.7. The van der Waals surface area contributed by atoms with Gasteiger partial charge in [-0.3, -0.25) is 9.59 Å². The third-order valence-electron chi connectivity index (χ3n) is 4.24. The van der Waals surface area contributed by atoms with Gasteiger partial charge in [-0.2, -0.15) is 0 Å². The summed E-state index contributed by atoms with van der Waals surface area (Å²) >= 11 is 5.95. The number of hydrogen-bond acceptors (Lipinski definition) is 3. The van der Waals surface area contributed by atoms with Crippen molar-refractivity contribution in [2.24, 2.45) is 0 Å². The predicted molar refractivity (Wildman–Crippen MR) is 96.3 cm³/mol. The SMILES string of the molecule is COc1cccc(C(=O)N2CCN(C(=O)c3cccc(Cl)c3)CC2)c1. The van der Waals surface area contributed by atoms with Crippen LogP contribution < -0.4 is 4.74 Å². The van der Waals surface area contributed by atoms with Gasteiger partial charge in [-0.05, 0) is 36.4 Å². The molecule has 0 atom stereocenters. The Bertz CT molecular complexity index is 786. The van der Waals surface area contributed by atoms with E-state index in [1.54, 1.807) is 65.4 Å². The topological polar surface area (TPSA) is 49.9 Å². The van der Waals surface area contributed by atoms with Gasteiger partial charge in [0.15, 0.2) is 0 Å². The lowest BCUT2D eigenvalue weighted by Gasteiger charge is -2.35. The first-order valence-electron chi connectivity index (χ1n) is 8.06. The van der Waals surface area contributed by atoms with Crippen LogP contribution in [-0.2, 0) is 0 Å². The van der Waals surface area contributed by atoms with E-state index in [0.717, 1.165) is 0 Å². The van der Waals surface area contributed by atoms with Crippen LogP contribution in [0, 0.1) is 0 Å². The number of rotatable bonds is 3. The number of hydrogen-bond donors (Lipinski definition) is 0. The van der Waals surface area contributed by atoms with Crippen molar-refractivity contribution >= 4 is 23.4 Å². The summed E-state index contributed by atoms with van der Waals surface area (Å²) in [4.78, 5) is 28.6. The molecule has 0 saturated carbocycles. The summed E-state index contributed by atoms with van der Waals surface area (Å²) in [5.41, 5.74) is 1.16. The fraction of sp³-hybridized carbons (Fsp3) is 0.263. The highest BCUT2D eigenvalue weighted by atomic mass is 35.5. The number of halogens is 1. The van der Waals surface area contributed by atoms with Gasteiger partial charge in [0.05, 0.1) is 7.11 Å². The molecule has 0 spiro atoms. The number of benzene rings is 2. The summed E-state index contributed by atoms with van der Waals surface area (Å²) in [6.45, 7) is 2.01. The van der Waals surface area contributed by atoms with Gasteiger partial charge in [0, 0.05) is 42.3 Å². The Morgan fingerprint density at radius 2 is 1.40 bits per heavy atom. The van der Waals surface area contributed by atoms with Crippen LogP contribution in [-0.4, -0.2) is 54.9 Å². The lowest BCUT2D eigenvalue weighted by atomic mass is 10.1. The largest absolute Gasteiger partial charge is 0.497 e. The van der Waals surface area contributed by atoms with Crippen molar-refractivity contribution in [3.05, 3.63) is 64.7 Å². The Hall–Kier alpha value is -2.53. The van der Waals surface area contributed by atoms with Crippen LogP contribution in [0.15, 0.2) is 48.5 Å². The van der Waals surface area contributed by atoms with E-state index in [-0.39, 0.29) is 11.8 Å². The summed E-state index contributed by atoms with van der Waals surface area (Å²) in [7, 11) is 1.57. The van der Waals surface area contributed by atoms with E-state index in [1.807, 2.05) is 0 Å². The molecule has 1 aliphatic rings. The summed E-state index contributed by atoms with van der Waals surface area (Å²) in [6, 6.07) is 14.0. The molecule has 0 aromatic heterocycles. The molecule has 130 valence electrons. The number of nitrogens with zero attached hydrogens (tertiary/aromatic N) is 2. The van der Waals surface area contributed by atoms with Gasteiger partial charge in [0.2, 0.25) is 0 Å². The molecule has 0 radical (unpaired) electrons. The molecule has 1 fully saturated rings. The minimum Gasteiger partial charge on any atom is -0.497 e. The normalized spacial score (nSPS) is 14.3. The molecule has 0 N–H and O–H groups in total. The average molecular weight is 359 g/mol. The van der Waals surface area contributed by atoms with Gasteiger partial charge in [-0.15, -0.1) is 0 Å². The van der Waals surface area contributed by atoms with E-state index >= 15 is 0 Å². The van der Waals surface area contributed by atoms with Gasteiger partial charge in [-0.25, -0.2) is 0 Å². The van der Waals surface area contributed by atoms with Gasteiger partial charge >= 0.3 is 0 Å². The van der Waals surface area contributed by atoms with Gasteiger partial charge in [-0.1, -0.05) is 23.7 Å². The second-order valence-corrected chi connectivity index (χ2v) is 6.26. The highest BCUT2D eigenvalue weighted by Gasteiger charge is 2.25. The lowest BCUT2D eigenvalue weighted by molar-refractivity contribution is 0.0535. The van der Waals surface area contributed by atoms with E-state index in [4.69, 9.17) is 16.3 Å². The molecule has 2 aromatic rings. The third-order valence-corrected chi connectivity index (χ3v) is 4.48. The number of methoxy groups -OCH3 is 1. The van der Waals surface area contributed by atoms with Crippen LogP contribution in [0.5, 0.6) is 5.75 Å². The predicted octanol–water partition coefficient (Wildman–Crippen LogP) is 2.95. The Morgan fingerprint density at radius 3 is 1.92 bits per heavy atom. The van der Waals surface area contributed by atoms with Crippen LogP contribution >= 0.6 is 11.6 Å². The molecule has 0 aliphatic carbocycles. The maximum Gasteiger partial charge on any atom is 0.254 e. The Labute approximate surface area is 151 Å². The second-order valence-electron chi connectivity index (χ2n) is 5.83. The number of amides is 2. The van der Waals surface area contributed by atoms with Crippen LogP contribution in [0.25, 0.3) is 0 Å². The Morgan fingerprint density at radius 1 is 0.880 bits per heavy atom. The summed E-state index contributed by atoms with van der Waals surface area (Å²) in [5, 5.41) is 0.540. The smallest absolute Gasteiger partial charge is 0.254 e. The first-order chi connectivity index (χ1) is 12.1. The van der Waals surface area contributed by atoms with E-state index in [2.05, 4.69) is 0 Å². The van der Waals surface area contributed by atoms with Crippen LogP contribution in [0.3, 0.4) is 0 Å². The van der Waals surface area contributed by atoms with Crippen molar-refractivity contribution < 1.29 is 14.3 Å². The van der Waals surface area contributed by atoms with Crippen molar-refractivity contribution in [1.29, 1.82) is 0 Å². The van der Waals surface area contributed by atoms with Crippen molar-refractivity contribution in [2.75, 3.05) is 33.3 Å². The van der Waals surface area contributed by atoms with Crippen LogP contribution in [0.1, 0.15) is 20.7 Å². The van der Waals surface area contributed by atoms with E-state index in [1.165, 1.54) is 0 Å². The first-order valence-corrected chi connectivity index (χ1v) is 8.44. The van der Waals surface area contributed by atoms with Gasteiger partial charge in [0.25, 0.3) is 11.8 Å². The molecular weight excluding hydrogens is 340 g/mol. The molecule has 2 amide bonds. The van der Waals surface area contributed by atoms with Crippen molar-refractivity contribution in [1.82, 2.24) is 9.80 Å². The van der Waals surface area contributed by atoms with E-state index in [9.17, 15) is 9.59 Å². The maximum atomic E-state index is 12.6. The average Bonchev–Trinajstić information content (AvgIpc) is 2.67. The fourth-order valence-electron chi connectivity index (χ4n) is 2.86. The molecule has 1 saturated heterocycles. The quantitative estimate of drug-likeness (QED) is 0.847. The fourth-order valence-corrected chi connectivity index (χ4v) is 3.05. The van der Waals surface area contributed by atoms with Crippen LogP contribution in [0.2, 0.25) is 5.02 Å². The zero-order valence-electron chi connectivity index (χ0n) is 13.9. The molecule has 0 unspecified atom stereocenters.